The monoisotopic (exact) mass is 228 g/mol. The molecule has 4 heteroatoms. The molecule has 0 aliphatic carbocycles. The Balaban J connectivity index is 2.53. The van der Waals surface area contributed by atoms with Gasteiger partial charge in [0.1, 0.15) is 0 Å². The Kier molecular flexibility index (Phi) is 5.19. The van der Waals surface area contributed by atoms with Crippen LogP contribution in [0.5, 0.6) is 0 Å². The molecule has 0 aliphatic heterocycles. The summed E-state index contributed by atoms with van der Waals surface area (Å²) in [4.78, 5) is 4.29. The van der Waals surface area contributed by atoms with Crippen LogP contribution in [0.2, 0.25) is 0 Å². The molecule has 1 rings (SSSR count). The molecule has 0 atom stereocenters. The first-order chi connectivity index (χ1) is 7.22. The van der Waals surface area contributed by atoms with Gasteiger partial charge in [0.25, 0.3) is 0 Å². The molecule has 15 heavy (non-hydrogen) atoms. The minimum Gasteiger partial charge on any atom is -0.390 e. The Bertz CT molecular complexity index is 295. The molecule has 86 valence electrons. The summed E-state index contributed by atoms with van der Waals surface area (Å²) < 4.78 is 1.97. The van der Waals surface area contributed by atoms with E-state index in [1.165, 1.54) is 12.8 Å². The molecule has 0 aliphatic rings. The number of hydrogen-bond donors (Lipinski definition) is 1. The van der Waals surface area contributed by atoms with Gasteiger partial charge < -0.3 is 9.67 Å². The fourth-order valence-electron chi connectivity index (χ4n) is 1.42. The number of aliphatic hydroxyl groups is 1. The summed E-state index contributed by atoms with van der Waals surface area (Å²) in [5, 5.41) is 10.0. The lowest BCUT2D eigenvalue weighted by atomic mass is 10.1. The van der Waals surface area contributed by atoms with Gasteiger partial charge >= 0.3 is 0 Å². The van der Waals surface area contributed by atoms with E-state index in [0.717, 1.165) is 22.5 Å². The van der Waals surface area contributed by atoms with Crippen LogP contribution in [-0.2, 0) is 13.7 Å². The summed E-state index contributed by atoms with van der Waals surface area (Å²) in [5.74, 6) is 1.88. The van der Waals surface area contributed by atoms with Gasteiger partial charge in [0.2, 0.25) is 0 Å². The number of rotatable bonds is 6. The molecule has 1 aromatic rings. The van der Waals surface area contributed by atoms with Crippen molar-refractivity contribution in [2.45, 2.75) is 38.5 Å². The van der Waals surface area contributed by atoms with E-state index in [2.05, 4.69) is 18.8 Å². The van der Waals surface area contributed by atoms with Crippen LogP contribution in [0, 0.1) is 5.92 Å². The highest BCUT2D eigenvalue weighted by Gasteiger charge is 2.09. The molecular weight excluding hydrogens is 208 g/mol. The van der Waals surface area contributed by atoms with Crippen LogP contribution in [-0.4, -0.2) is 20.4 Å². The predicted octanol–water partition coefficient (Wildman–Crippen LogP) is 2.44. The third kappa shape index (κ3) is 3.24. The lowest BCUT2D eigenvalue weighted by Gasteiger charge is -2.11. The molecule has 0 saturated carbocycles. The SMILES string of the molecule is CCC(CC)CSc1ncc(CO)n1C. The van der Waals surface area contributed by atoms with Crippen LogP contribution in [0.3, 0.4) is 0 Å². The molecular formula is C11H20N2OS. The second-order valence-corrected chi connectivity index (χ2v) is 4.73. The highest BCUT2D eigenvalue weighted by Crippen LogP contribution is 2.22. The van der Waals surface area contributed by atoms with E-state index in [1.807, 2.05) is 11.6 Å². The average molecular weight is 228 g/mol. The van der Waals surface area contributed by atoms with Crippen LogP contribution in [0.1, 0.15) is 32.4 Å². The minimum atomic E-state index is 0.0645. The van der Waals surface area contributed by atoms with Crippen molar-refractivity contribution in [2.75, 3.05) is 5.75 Å². The van der Waals surface area contributed by atoms with Crippen molar-refractivity contribution in [1.29, 1.82) is 0 Å². The van der Waals surface area contributed by atoms with Crippen molar-refractivity contribution >= 4 is 11.8 Å². The smallest absolute Gasteiger partial charge is 0.167 e. The van der Waals surface area contributed by atoms with Gasteiger partial charge in [-0.15, -0.1) is 0 Å². The molecule has 0 radical (unpaired) electrons. The molecule has 0 amide bonds. The van der Waals surface area contributed by atoms with Gasteiger partial charge in [0.15, 0.2) is 5.16 Å². The summed E-state index contributed by atoms with van der Waals surface area (Å²) in [7, 11) is 1.95. The summed E-state index contributed by atoms with van der Waals surface area (Å²) in [6.45, 7) is 4.52. The molecule has 1 heterocycles. The van der Waals surface area contributed by atoms with Crippen LogP contribution >= 0.6 is 11.8 Å². The maximum absolute atomic E-state index is 9.03. The van der Waals surface area contributed by atoms with Gasteiger partial charge in [0, 0.05) is 12.8 Å². The van der Waals surface area contributed by atoms with Crippen molar-refractivity contribution < 1.29 is 5.11 Å². The van der Waals surface area contributed by atoms with E-state index in [-0.39, 0.29) is 6.61 Å². The van der Waals surface area contributed by atoms with Crippen molar-refractivity contribution in [3.63, 3.8) is 0 Å². The van der Waals surface area contributed by atoms with Gasteiger partial charge in [-0.2, -0.15) is 0 Å². The Morgan fingerprint density at radius 2 is 2.13 bits per heavy atom. The van der Waals surface area contributed by atoms with Gasteiger partial charge in [-0.1, -0.05) is 38.5 Å². The van der Waals surface area contributed by atoms with Gasteiger partial charge in [-0.3, -0.25) is 0 Å². The van der Waals surface area contributed by atoms with Gasteiger partial charge in [-0.25, -0.2) is 4.98 Å². The number of nitrogens with zero attached hydrogens (tertiary/aromatic N) is 2. The summed E-state index contributed by atoms with van der Waals surface area (Å²) in [6, 6.07) is 0. The molecule has 0 saturated heterocycles. The molecule has 3 nitrogen and oxygen atoms in total. The molecule has 0 unspecified atom stereocenters. The van der Waals surface area contributed by atoms with Gasteiger partial charge in [-0.05, 0) is 5.92 Å². The third-order valence-electron chi connectivity index (χ3n) is 2.81. The lowest BCUT2D eigenvalue weighted by molar-refractivity contribution is 0.271. The largest absolute Gasteiger partial charge is 0.390 e. The number of thioether (sulfide) groups is 1. The zero-order valence-electron chi connectivity index (χ0n) is 9.73. The molecule has 1 N–H and O–H groups in total. The standard InChI is InChI=1S/C11H20N2OS/c1-4-9(5-2)8-15-11-12-6-10(7-14)13(11)3/h6,9,14H,4-5,7-8H2,1-3H3. The topological polar surface area (TPSA) is 38.1 Å². The van der Waals surface area contributed by atoms with Crippen LogP contribution in [0.15, 0.2) is 11.4 Å². The zero-order valence-corrected chi connectivity index (χ0v) is 10.5. The average Bonchev–Trinajstić information content (AvgIpc) is 2.61. The fraction of sp³-hybridized carbons (Fsp3) is 0.727. The number of imidazole rings is 1. The molecule has 1 aromatic heterocycles. The van der Waals surface area contributed by atoms with Crippen LogP contribution in [0.25, 0.3) is 0 Å². The second kappa shape index (κ2) is 6.18. The summed E-state index contributed by atoms with van der Waals surface area (Å²) >= 11 is 1.78. The van der Waals surface area contributed by atoms with Gasteiger partial charge in [0.05, 0.1) is 18.5 Å². The van der Waals surface area contributed by atoms with Crippen molar-refractivity contribution in [1.82, 2.24) is 9.55 Å². The number of aromatic nitrogens is 2. The Hall–Kier alpha value is -0.480. The Morgan fingerprint density at radius 1 is 1.47 bits per heavy atom. The minimum absolute atomic E-state index is 0.0645. The number of hydrogen-bond acceptors (Lipinski definition) is 3. The first-order valence-electron chi connectivity index (χ1n) is 5.47. The van der Waals surface area contributed by atoms with E-state index < -0.39 is 0 Å². The van der Waals surface area contributed by atoms with Crippen LogP contribution in [0.4, 0.5) is 0 Å². The molecule has 0 spiro atoms. The highest BCUT2D eigenvalue weighted by molar-refractivity contribution is 7.99. The first kappa shape index (κ1) is 12.6. The van der Waals surface area contributed by atoms with E-state index >= 15 is 0 Å². The highest BCUT2D eigenvalue weighted by atomic mass is 32.2. The van der Waals surface area contributed by atoms with Crippen molar-refractivity contribution in [3.8, 4) is 0 Å². The maximum atomic E-state index is 9.03. The van der Waals surface area contributed by atoms with Crippen LogP contribution < -0.4 is 0 Å². The Labute approximate surface area is 95.9 Å². The van der Waals surface area contributed by atoms with E-state index in [9.17, 15) is 0 Å². The first-order valence-corrected chi connectivity index (χ1v) is 6.45. The number of aliphatic hydroxyl groups excluding tert-OH is 1. The quantitative estimate of drug-likeness (QED) is 0.760. The fourth-order valence-corrected chi connectivity index (χ4v) is 2.72. The molecule has 0 fully saturated rings. The summed E-state index contributed by atoms with van der Waals surface area (Å²) in [6.07, 6.45) is 4.19. The summed E-state index contributed by atoms with van der Waals surface area (Å²) in [5.41, 5.74) is 0.877. The molecule has 0 bridgehead atoms. The maximum Gasteiger partial charge on any atom is 0.167 e. The predicted molar refractivity (Wildman–Crippen MR) is 63.9 cm³/mol. The van der Waals surface area contributed by atoms with E-state index in [4.69, 9.17) is 5.11 Å². The lowest BCUT2D eigenvalue weighted by Crippen LogP contribution is -2.03. The van der Waals surface area contributed by atoms with Crippen molar-refractivity contribution in [3.05, 3.63) is 11.9 Å². The normalized spacial score (nSPS) is 11.3. The Morgan fingerprint density at radius 3 is 2.60 bits per heavy atom. The second-order valence-electron chi connectivity index (χ2n) is 3.74. The van der Waals surface area contributed by atoms with E-state index in [0.29, 0.717) is 0 Å². The van der Waals surface area contributed by atoms with E-state index in [1.54, 1.807) is 18.0 Å². The third-order valence-corrected chi connectivity index (χ3v) is 4.08. The zero-order chi connectivity index (χ0) is 11.3. The molecule has 0 aromatic carbocycles. The van der Waals surface area contributed by atoms with Crippen molar-refractivity contribution in [2.24, 2.45) is 13.0 Å².